The van der Waals surface area contributed by atoms with Crippen molar-refractivity contribution in [3.63, 3.8) is 0 Å². The summed E-state index contributed by atoms with van der Waals surface area (Å²) in [5.74, 6) is -1.18. The van der Waals surface area contributed by atoms with Crippen LogP contribution >= 0.6 is 11.8 Å². The van der Waals surface area contributed by atoms with Crippen molar-refractivity contribution in [3.05, 3.63) is 23.8 Å². The summed E-state index contributed by atoms with van der Waals surface area (Å²) in [6.07, 6.45) is 1.84. The molecule has 0 bridgehead atoms. The highest BCUT2D eigenvalue weighted by Crippen LogP contribution is 2.23. The molecule has 4 heteroatoms. The second-order valence-corrected chi connectivity index (χ2v) is 3.09. The summed E-state index contributed by atoms with van der Waals surface area (Å²) in [4.78, 5) is 11.2. The number of hydrogen-bond acceptors (Lipinski definition) is 4. The third-order valence-corrected chi connectivity index (χ3v) is 2.26. The average Bonchev–Trinajstić information content (AvgIpc) is 2.05. The zero-order chi connectivity index (χ0) is 9.14. The van der Waals surface area contributed by atoms with Gasteiger partial charge in [-0.25, -0.2) is 0 Å². The molecule has 0 radical (unpaired) electrons. The molecule has 0 unspecified atom stereocenters. The first-order valence-corrected chi connectivity index (χ1v) is 4.52. The molecule has 0 atom stereocenters. The van der Waals surface area contributed by atoms with Gasteiger partial charge < -0.3 is 15.6 Å². The average molecular weight is 182 g/mol. The second-order valence-electron chi connectivity index (χ2n) is 2.24. The van der Waals surface area contributed by atoms with Crippen molar-refractivity contribution in [2.45, 2.75) is 4.90 Å². The Morgan fingerprint density at radius 2 is 2.25 bits per heavy atom. The second kappa shape index (κ2) is 3.49. The maximum atomic E-state index is 10.4. The minimum absolute atomic E-state index is 0.161. The van der Waals surface area contributed by atoms with Crippen LogP contribution in [-0.2, 0) is 0 Å². The number of carbonyl (C=O) groups excluding carboxylic acids is 1. The quantitative estimate of drug-likeness (QED) is 0.529. The predicted molar refractivity (Wildman–Crippen MR) is 47.0 cm³/mol. The van der Waals surface area contributed by atoms with E-state index < -0.39 is 5.97 Å². The molecule has 0 amide bonds. The van der Waals surface area contributed by atoms with Crippen LogP contribution in [0.2, 0.25) is 0 Å². The molecule has 2 N–H and O–H groups in total. The Morgan fingerprint density at radius 3 is 2.75 bits per heavy atom. The zero-order valence-electron chi connectivity index (χ0n) is 6.53. The third-order valence-electron chi connectivity index (χ3n) is 1.47. The molecule has 64 valence electrons. The van der Waals surface area contributed by atoms with Gasteiger partial charge in [-0.1, -0.05) is 6.07 Å². The zero-order valence-corrected chi connectivity index (χ0v) is 7.35. The van der Waals surface area contributed by atoms with E-state index in [9.17, 15) is 9.90 Å². The molecule has 1 aromatic carbocycles. The van der Waals surface area contributed by atoms with Gasteiger partial charge in [0.1, 0.15) is 0 Å². The maximum absolute atomic E-state index is 10.4. The van der Waals surface area contributed by atoms with E-state index in [1.165, 1.54) is 23.9 Å². The molecule has 0 aliphatic carbocycles. The Bertz CT molecular complexity index is 312. The number of carboxylic acids is 1. The van der Waals surface area contributed by atoms with E-state index in [-0.39, 0.29) is 5.56 Å². The first-order valence-electron chi connectivity index (χ1n) is 3.30. The van der Waals surface area contributed by atoms with Gasteiger partial charge >= 0.3 is 0 Å². The minimum Gasteiger partial charge on any atom is -0.545 e. The van der Waals surface area contributed by atoms with Gasteiger partial charge in [0.25, 0.3) is 0 Å². The summed E-state index contributed by atoms with van der Waals surface area (Å²) < 4.78 is 0. The monoisotopic (exact) mass is 182 g/mol. The first-order chi connectivity index (χ1) is 5.65. The van der Waals surface area contributed by atoms with Crippen molar-refractivity contribution in [2.24, 2.45) is 0 Å². The SMILES string of the molecule is CSc1cc(C(=O)[O-])ccc1N. The summed E-state index contributed by atoms with van der Waals surface area (Å²) in [5.41, 5.74) is 6.32. The Balaban J connectivity index is 3.13. The van der Waals surface area contributed by atoms with E-state index in [1.807, 2.05) is 6.26 Å². The number of hydrogen-bond donors (Lipinski definition) is 1. The standard InChI is InChI=1S/C8H9NO2S/c1-12-7-4-5(8(10)11)2-3-6(7)9/h2-4H,9H2,1H3,(H,10,11)/p-1. The van der Waals surface area contributed by atoms with Crippen molar-refractivity contribution >= 4 is 23.4 Å². The summed E-state index contributed by atoms with van der Waals surface area (Å²) in [5, 5.41) is 10.4. The van der Waals surface area contributed by atoms with E-state index in [0.29, 0.717) is 5.69 Å². The lowest BCUT2D eigenvalue weighted by molar-refractivity contribution is -0.255. The van der Waals surface area contributed by atoms with E-state index >= 15 is 0 Å². The first kappa shape index (κ1) is 8.93. The Morgan fingerprint density at radius 1 is 1.58 bits per heavy atom. The Hall–Kier alpha value is -1.16. The molecule has 0 aromatic heterocycles. The minimum atomic E-state index is -1.18. The topological polar surface area (TPSA) is 66.1 Å². The lowest BCUT2D eigenvalue weighted by atomic mass is 10.2. The van der Waals surface area contributed by atoms with E-state index in [2.05, 4.69) is 0 Å². The van der Waals surface area contributed by atoms with Crippen LogP contribution in [-0.4, -0.2) is 12.2 Å². The molecule has 0 heterocycles. The summed E-state index contributed by atoms with van der Waals surface area (Å²) >= 11 is 1.41. The van der Waals surface area contributed by atoms with Crippen LogP contribution in [0.1, 0.15) is 10.4 Å². The van der Waals surface area contributed by atoms with Crippen LogP contribution in [0.3, 0.4) is 0 Å². The number of nitrogens with two attached hydrogens (primary N) is 1. The lowest BCUT2D eigenvalue weighted by Crippen LogP contribution is -2.22. The fourth-order valence-corrected chi connectivity index (χ4v) is 1.39. The number of carboxylic acid groups (broad SMARTS) is 1. The Kier molecular flexibility index (Phi) is 2.60. The van der Waals surface area contributed by atoms with Gasteiger partial charge in [-0.15, -0.1) is 11.8 Å². The van der Waals surface area contributed by atoms with Gasteiger partial charge in [-0.3, -0.25) is 0 Å². The van der Waals surface area contributed by atoms with Gasteiger partial charge in [-0.05, 0) is 24.0 Å². The van der Waals surface area contributed by atoms with Gasteiger partial charge in [0.05, 0.1) is 5.97 Å². The number of nitrogen functional groups attached to an aromatic ring is 1. The largest absolute Gasteiger partial charge is 0.545 e. The molecule has 12 heavy (non-hydrogen) atoms. The van der Waals surface area contributed by atoms with Crippen molar-refractivity contribution in [2.75, 3.05) is 12.0 Å². The molecule has 0 saturated carbocycles. The molecule has 1 rings (SSSR count). The lowest BCUT2D eigenvalue weighted by Gasteiger charge is -2.06. The van der Waals surface area contributed by atoms with Crippen molar-refractivity contribution in [1.82, 2.24) is 0 Å². The molecule has 0 spiro atoms. The van der Waals surface area contributed by atoms with Crippen LogP contribution in [0.15, 0.2) is 23.1 Å². The molecule has 3 nitrogen and oxygen atoms in total. The van der Waals surface area contributed by atoms with Crippen LogP contribution in [0, 0.1) is 0 Å². The van der Waals surface area contributed by atoms with Gasteiger partial charge in [-0.2, -0.15) is 0 Å². The molecular weight excluding hydrogens is 174 g/mol. The van der Waals surface area contributed by atoms with Gasteiger partial charge in [0.15, 0.2) is 0 Å². The number of aromatic carboxylic acids is 1. The Labute approximate surface area is 74.6 Å². The van der Waals surface area contributed by atoms with Crippen molar-refractivity contribution < 1.29 is 9.90 Å². The molecule has 0 saturated heterocycles. The third kappa shape index (κ3) is 1.71. The number of carbonyl (C=O) groups is 1. The van der Waals surface area contributed by atoms with E-state index in [0.717, 1.165) is 4.90 Å². The van der Waals surface area contributed by atoms with E-state index in [1.54, 1.807) is 6.07 Å². The highest BCUT2D eigenvalue weighted by Gasteiger charge is 1.99. The normalized spacial score (nSPS) is 9.75. The summed E-state index contributed by atoms with van der Waals surface area (Å²) in [6.45, 7) is 0. The number of thioether (sulfide) groups is 1. The van der Waals surface area contributed by atoms with Gasteiger partial charge in [0.2, 0.25) is 0 Å². The molecule has 0 aliphatic heterocycles. The number of benzene rings is 1. The molecule has 0 aliphatic rings. The molecule has 0 fully saturated rings. The molecule has 1 aromatic rings. The van der Waals surface area contributed by atoms with Crippen LogP contribution in [0.25, 0.3) is 0 Å². The molecular formula is C8H8NO2S-. The van der Waals surface area contributed by atoms with E-state index in [4.69, 9.17) is 5.73 Å². The number of rotatable bonds is 2. The smallest absolute Gasteiger partial charge is 0.0715 e. The van der Waals surface area contributed by atoms with Crippen molar-refractivity contribution in [1.29, 1.82) is 0 Å². The summed E-state index contributed by atoms with van der Waals surface area (Å²) in [6, 6.07) is 4.51. The van der Waals surface area contributed by atoms with Crippen molar-refractivity contribution in [3.8, 4) is 0 Å². The number of anilines is 1. The summed E-state index contributed by atoms with van der Waals surface area (Å²) in [7, 11) is 0. The van der Waals surface area contributed by atoms with Crippen LogP contribution < -0.4 is 10.8 Å². The van der Waals surface area contributed by atoms with Crippen LogP contribution in [0.5, 0.6) is 0 Å². The highest BCUT2D eigenvalue weighted by molar-refractivity contribution is 7.98. The fourth-order valence-electron chi connectivity index (χ4n) is 0.838. The fraction of sp³-hybridized carbons (Fsp3) is 0.125. The maximum Gasteiger partial charge on any atom is 0.0715 e. The predicted octanol–water partition coefficient (Wildman–Crippen LogP) is 0.354. The highest BCUT2D eigenvalue weighted by atomic mass is 32.2. The van der Waals surface area contributed by atoms with Gasteiger partial charge in [0, 0.05) is 10.6 Å². The van der Waals surface area contributed by atoms with Crippen LogP contribution in [0.4, 0.5) is 5.69 Å².